The van der Waals surface area contributed by atoms with Gasteiger partial charge in [-0.25, -0.2) is 9.18 Å². The molecule has 2 heterocycles. The molecule has 3 rings (SSSR count). The summed E-state index contributed by atoms with van der Waals surface area (Å²) in [6.45, 7) is 0.937. The molecule has 27 heavy (non-hydrogen) atoms. The molecule has 0 aliphatic carbocycles. The van der Waals surface area contributed by atoms with Gasteiger partial charge in [0.15, 0.2) is 5.76 Å². The zero-order valence-corrected chi connectivity index (χ0v) is 15.2. The van der Waals surface area contributed by atoms with Crippen LogP contribution >= 0.6 is 11.8 Å². The summed E-state index contributed by atoms with van der Waals surface area (Å²) in [5.74, 6) is 1.21. The Morgan fingerprint density at radius 2 is 2.19 bits per heavy atom. The lowest BCUT2D eigenvalue weighted by Crippen LogP contribution is -2.26. The summed E-state index contributed by atoms with van der Waals surface area (Å²) in [7, 11) is 0. The Morgan fingerprint density at radius 3 is 2.89 bits per heavy atom. The molecule has 2 aromatic rings. The molecule has 0 saturated carbocycles. The van der Waals surface area contributed by atoms with Gasteiger partial charge in [-0.05, 0) is 42.4 Å². The van der Waals surface area contributed by atoms with Crippen molar-refractivity contribution in [2.45, 2.75) is 19.4 Å². The fourth-order valence-corrected chi connectivity index (χ4v) is 3.65. The molecular weight excluding hydrogens is 373 g/mol. The highest BCUT2D eigenvalue weighted by molar-refractivity contribution is 8.03. The summed E-state index contributed by atoms with van der Waals surface area (Å²) in [4.78, 5) is 12.9. The lowest BCUT2D eigenvalue weighted by atomic mass is 10.1. The van der Waals surface area contributed by atoms with Crippen molar-refractivity contribution >= 4 is 17.9 Å². The minimum atomic E-state index is -1.36. The molecule has 7 nitrogen and oxygen atoms in total. The zero-order valence-electron chi connectivity index (χ0n) is 14.4. The highest BCUT2D eigenvalue weighted by Crippen LogP contribution is 2.30. The Labute approximate surface area is 159 Å². The molecule has 0 fully saturated rings. The van der Waals surface area contributed by atoms with E-state index in [-0.39, 0.29) is 11.6 Å². The maximum Gasteiger partial charge on any atom is 0.511 e. The van der Waals surface area contributed by atoms with E-state index in [0.717, 1.165) is 24.2 Å². The number of thioether (sulfide) groups is 1. The number of nitrogens with zero attached hydrogens (tertiary/aromatic N) is 3. The maximum absolute atomic E-state index is 13.0. The molecule has 142 valence electrons. The average Bonchev–Trinajstić information content (AvgIpc) is 3.14. The van der Waals surface area contributed by atoms with Crippen molar-refractivity contribution in [3.63, 3.8) is 0 Å². The minimum Gasteiger partial charge on any atom is -0.449 e. The zero-order chi connectivity index (χ0) is 19.1. The number of halogens is 1. The van der Waals surface area contributed by atoms with Crippen molar-refractivity contribution in [1.82, 2.24) is 15.1 Å². The normalized spacial score (nSPS) is 13.9. The number of aromatic nitrogens is 2. The molecule has 1 aliphatic heterocycles. The van der Waals surface area contributed by atoms with E-state index >= 15 is 0 Å². The van der Waals surface area contributed by atoms with Crippen molar-refractivity contribution in [2.75, 3.05) is 12.3 Å². The Balaban J connectivity index is 1.63. The Bertz CT molecular complexity index is 822. The van der Waals surface area contributed by atoms with Crippen LogP contribution in [0.5, 0.6) is 0 Å². The summed E-state index contributed by atoms with van der Waals surface area (Å²) in [5.41, 5.74) is 1.05. The minimum absolute atomic E-state index is 0.251. The first-order valence-corrected chi connectivity index (χ1v) is 9.29. The van der Waals surface area contributed by atoms with E-state index < -0.39 is 6.16 Å². The van der Waals surface area contributed by atoms with E-state index in [4.69, 9.17) is 14.3 Å². The summed E-state index contributed by atoms with van der Waals surface area (Å²) >= 11 is 1.50. The molecule has 1 aromatic carbocycles. The van der Waals surface area contributed by atoms with Gasteiger partial charge < -0.3 is 19.2 Å². The van der Waals surface area contributed by atoms with Crippen molar-refractivity contribution in [3.8, 4) is 0 Å². The van der Waals surface area contributed by atoms with Crippen LogP contribution in [0.3, 0.4) is 0 Å². The summed E-state index contributed by atoms with van der Waals surface area (Å²) < 4.78 is 23.1. The standard InChI is InChI=1S/C18H18FN3O4S/c19-14-7-5-13(6-8-14)3-2-10-27-17-15(26-18(23)24)4-1-9-22(17)11-16-21-20-12-25-16/h1,4-8,12H,2-3,9-11H2,(H,23,24). The average molecular weight is 391 g/mol. The van der Waals surface area contributed by atoms with Gasteiger partial charge in [0.05, 0.1) is 6.54 Å². The Morgan fingerprint density at radius 1 is 1.37 bits per heavy atom. The van der Waals surface area contributed by atoms with Crippen LogP contribution < -0.4 is 0 Å². The molecule has 0 radical (unpaired) electrons. The number of carboxylic acid groups (broad SMARTS) is 1. The maximum atomic E-state index is 13.0. The number of aryl methyl sites for hydroxylation is 1. The van der Waals surface area contributed by atoms with Gasteiger partial charge in [0.2, 0.25) is 12.3 Å². The molecule has 0 bridgehead atoms. The van der Waals surface area contributed by atoms with Crippen molar-refractivity contribution < 1.29 is 23.4 Å². The third-order valence-corrected chi connectivity index (χ3v) is 5.01. The molecule has 9 heteroatoms. The molecule has 1 aliphatic rings. The third-order valence-electron chi connectivity index (χ3n) is 3.78. The van der Waals surface area contributed by atoms with E-state index in [1.54, 1.807) is 18.2 Å². The predicted molar refractivity (Wildman–Crippen MR) is 97.2 cm³/mol. The Kier molecular flexibility index (Phi) is 6.48. The summed E-state index contributed by atoms with van der Waals surface area (Å²) in [6, 6.07) is 6.43. The number of ether oxygens (including phenoxy) is 1. The fraction of sp³-hybridized carbons (Fsp3) is 0.278. The lowest BCUT2D eigenvalue weighted by molar-refractivity contribution is 0.119. The number of carbonyl (C=O) groups is 1. The summed E-state index contributed by atoms with van der Waals surface area (Å²) in [5, 5.41) is 17.2. The second kappa shape index (κ2) is 9.22. The van der Waals surface area contributed by atoms with Crippen molar-refractivity contribution in [1.29, 1.82) is 0 Å². The van der Waals surface area contributed by atoms with Gasteiger partial charge in [0.25, 0.3) is 0 Å². The monoisotopic (exact) mass is 391 g/mol. The summed E-state index contributed by atoms with van der Waals surface area (Å²) in [6.07, 6.45) is 5.01. The van der Waals surface area contributed by atoms with Gasteiger partial charge in [-0.2, -0.15) is 0 Å². The van der Waals surface area contributed by atoms with Crippen LogP contribution in [0.25, 0.3) is 0 Å². The van der Waals surface area contributed by atoms with E-state index in [0.29, 0.717) is 24.0 Å². The molecule has 0 unspecified atom stereocenters. The first kappa shape index (κ1) is 19.0. The van der Waals surface area contributed by atoms with Crippen LogP contribution in [0.1, 0.15) is 17.9 Å². The number of allylic oxidation sites excluding steroid dienone is 1. The van der Waals surface area contributed by atoms with Gasteiger partial charge in [-0.15, -0.1) is 22.0 Å². The van der Waals surface area contributed by atoms with Gasteiger partial charge in [0, 0.05) is 6.54 Å². The molecule has 0 amide bonds. The van der Waals surface area contributed by atoms with Crippen molar-refractivity contribution in [2.24, 2.45) is 0 Å². The highest BCUT2D eigenvalue weighted by atomic mass is 32.2. The van der Waals surface area contributed by atoms with Gasteiger partial charge in [0.1, 0.15) is 10.8 Å². The largest absolute Gasteiger partial charge is 0.511 e. The molecular formula is C18H18FN3O4S. The number of hydrogen-bond donors (Lipinski definition) is 1. The molecule has 0 spiro atoms. The SMILES string of the molecule is O=C(O)OC1=C(SCCCc2ccc(F)cc2)N(Cc2nnco2)CC=C1. The van der Waals surface area contributed by atoms with Crippen LogP contribution in [0.15, 0.2) is 58.0 Å². The van der Waals surface area contributed by atoms with Gasteiger partial charge >= 0.3 is 6.16 Å². The first-order valence-electron chi connectivity index (χ1n) is 8.30. The van der Waals surface area contributed by atoms with Gasteiger partial charge in [-0.3, -0.25) is 0 Å². The highest BCUT2D eigenvalue weighted by Gasteiger charge is 2.22. The molecule has 1 N–H and O–H groups in total. The van der Waals surface area contributed by atoms with Crippen LogP contribution in [-0.2, 0) is 17.7 Å². The molecule has 1 aromatic heterocycles. The van der Waals surface area contributed by atoms with Crippen LogP contribution in [0.4, 0.5) is 9.18 Å². The second-order valence-corrected chi connectivity index (χ2v) is 6.81. The van der Waals surface area contributed by atoms with E-state index in [9.17, 15) is 9.18 Å². The topological polar surface area (TPSA) is 88.7 Å². The predicted octanol–water partition coefficient (Wildman–Crippen LogP) is 3.81. The lowest BCUT2D eigenvalue weighted by Gasteiger charge is -2.28. The molecule has 0 saturated heterocycles. The number of benzene rings is 1. The number of hydrogen-bond acceptors (Lipinski definition) is 7. The van der Waals surface area contributed by atoms with E-state index in [1.807, 2.05) is 11.0 Å². The van der Waals surface area contributed by atoms with Crippen LogP contribution in [0, 0.1) is 5.82 Å². The Hall–Kier alpha value is -2.81. The fourth-order valence-electron chi connectivity index (χ4n) is 2.59. The first-order chi connectivity index (χ1) is 13.1. The van der Waals surface area contributed by atoms with Crippen molar-refractivity contribution in [3.05, 3.63) is 70.9 Å². The van der Waals surface area contributed by atoms with Crippen LogP contribution in [-0.4, -0.2) is 38.7 Å². The quantitative estimate of drug-likeness (QED) is 0.537. The molecule has 0 atom stereocenters. The van der Waals surface area contributed by atoms with Gasteiger partial charge in [-0.1, -0.05) is 18.2 Å². The second-order valence-electron chi connectivity index (χ2n) is 5.73. The van der Waals surface area contributed by atoms with E-state index in [2.05, 4.69) is 10.2 Å². The third kappa shape index (κ3) is 5.58. The smallest absolute Gasteiger partial charge is 0.449 e. The number of rotatable bonds is 8. The van der Waals surface area contributed by atoms with Crippen LogP contribution in [0.2, 0.25) is 0 Å². The van der Waals surface area contributed by atoms with E-state index in [1.165, 1.54) is 30.3 Å².